The van der Waals surface area contributed by atoms with Crippen molar-refractivity contribution in [2.45, 2.75) is 27.7 Å². The SMILES string of the molecule is Cc1cccc(C)c1Oc1c(Cl)c(Cl)c2c(c1Cl)-c1nc-2nc2[n-]c(nc3nc(nc4[n-]c(n1)c1c(Cl)c(Oc5c(C)cccc5C)c(Cl)c(Cl)c41)-c1c(Cl)c(Cl)c(Cl)c(Cl)c1-3)c1ccccc21.[Zn+2]. The van der Waals surface area contributed by atoms with Gasteiger partial charge in [-0.3, -0.25) is 0 Å². The van der Waals surface area contributed by atoms with Crippen molar-refractivity contribution in [3.8, 4) is 68.5 Å². The van der Waals surface area contributed by atoms with Gasteiger partial charge in [-0.05, 0) is 60.7 Å². The van der Waals surface area contributed by atoms with E-state index in [1.54, 1.807) is 0 Å². The van der Waals surface area contributed by atoms with Crippen LogP contribution in [-0.4, -0.2) is 29.9 Å². The van der Waals surface area contributed by atoms with Crippen LogP contribution in [0.5, 0.6) is 23.0 Å². The minimum atomic E-state index is -0.0475. The summed E-state index contributed by atoms with van der Waals surface area (Å²) in [6.07, 6.45) is 0. The van der Waals surface area contributed by atoms with Gasteiger partial charge >= 0.3 is 19.5 Å². The number of hydrogen-bond donors (Lipinski definition) is 0. The molecule has 0 N–H and O–H groups in total. The van der Waals surface area contributed by atoms with Gasteiger partial charge in [-0.15, -0.1) is 0 Å². The van der Waals surface area contributed by atoms with Crippen LogP contribution in [0.4, 0.5) is 0 Å². The predicted molar refractivity (Wildman–Crippen MR) is 276 cm³/mol. The zero-order valence-corrected chi connectivity index (χ0v) is 46.2. The summed E-state index contributed by atoms with van der Waals surface area (Å²) in [5.74, 6) is 1.18. The van der Waals surface area contributed by atoms with E-state index in [1.807, 2.05) is 88.4 Å². The van der Waals surface area contributed by atoms with Gasteiger partial charge in [0, 0.05) is 55.6 Å². The van der Waals surface area contributed by atoms with Gasteiger partial charge in [-0.25, -0.2) is 9.97 Å². The second-order valence-corrected chi connectivity index (χ2v) is 19.5. The normalized spacial score (nSPS) is 11.8. The molecule has 21 heteroatoms. The maximum Gasteiger partial charge on any atom is 2.00 e. The number of halogens is 10. The monoisotopic (exact) mass is 1160 g/mol. The third kappa shape index (κ3) is 7.62. The van der Waals surface area contributed by atoms with Crippen molar-refractivity contribution in [1.82, 2.24) is 39.9 Å². The van der Waals surface area contributed by atoms with Crippen LogP contribution >= 0.6 is 116 Å². The van der Waals surface area contributed by atoms with E-state index in [0.717, 1.165) is 22.3 Å². The van der Waals surface area contributed by atoms with Crippen LogP contribution in [0.3, 0.4) is 0 Å². The summed E-state index contributed by atoms with van der Waals surface area (Å²) in [5.41, 5.74) is 4.47. The number of aryl methyl sites for hydroxylation is 4. The topological polar surface area (TPSA) is 124 Å². The van der Waals surface area contributed by atoms with Gasteiger partial charge in [0.05, 0.1) is 63.5 Å². The molecule has 0 spiro atoms. The molecule has 3 aromatic heterocycles. The van der Waals surface area contributed by atoms with Gasteiger partial charge in [0.25, 0.3) is 0 Å². The third-order valence-electron chi connectivity index (χ3n) is 11.5. The van der Waals surface area contributed by atoms with Gasteiger partial charge in [0.1, 0.15) is 21.5 Å². The molecule has 0 amide bonds. The number of hydrogen-bond acceptors (Lipinski definition) is 8. The van der Waals surface area contributed by atoms with Crippen molar-refractivity contribution < 1.29 is 29.0 Å². The summed E-state index contributed by atoms with van der Waals surface area (Å²) in [6, 6.07) is 18.7. The van der Waals surface area contributed by atoms with E-state index in [2.05, 4.69) is 0 Å². The third-order valence-corrected chi connectivity index (χ3v) is 15.7. The smallest absolute Gasteiger partial charge is 0.454 e. The predicted octanol–water partition coefficient (Wildman–Crippen LogP) is 17.5. The van der Waals surface area contributed by atoms with Crippen LogP contribution in [0.2, 0.25) is 50.2 Å². The Labute approximate surface area is 454 Å². The van der Waals surface area contributed by atoms with Crippen molar-refractivity contribution in [1.29, 1.82) is 0 Å². The summed E-state index contributed by atoms with van der Waals surface area (Å²) < 4.78 is 13.0. The quantitative estimate of drug-likeness (QED) is 0.0956. The molecule has 0 aliphatic carbocycles. The van der Waals surface area contributed by atoms with Crippen LogP contribution in [0, 0.1) is 27.7 Å². The van der Waals surface area contributed by atoms with Crippen LogP contribution < -0.4 is 19.4 Å². The number of rotatable bonds is 4. The summed E-state index contributed by atoms with van der Waals surface area (Å²) >= 11 is 70.8. The van der Waals surface area contributed by atoms with Gasteiger partial charge in [0.2, 0.25) is 0 Å². The minimum Gasteiger partial charge on any atom is -0.454 e. The maximum atomic E-state index is 7.41. The molecule has 9 aromatic rings. The first kappa shape index (κ1) is 48.4. The minimum absolute atomic E-state index is 0. The summed E-state index contributed by atoms with van der Waals surface area (Å²) in [4.78, 5) is 39.6. The van der Waals surface area contributed by atoms with E-state index >= 15 is 0 Å². The molecule has 0 saturated heterocycles. The van der Waals surface area contributed by atoms with Gasteiger partial charge in [-0.1, -0.05) is 177 Å². The average Bonchev–Trinajstić information content (AvgIpc) is 4.06. The fraction of sp³-hybridized carbons (Fsp3) is 0.0833. The fourth-order valence-electron chi connectivity index (χ4n) is 8.26. The van der Waals surface area contributed by atoms with Crippen molar-refractivity contribution in [3.05, 3.63) is 133 Å². The number of benzene rings is 6. The second kappa shape index (κ2) is 18.1. The Kier molecular flexibility index (Phi) is 12.7. The molecule has 0 radical (unpaired) electrons. The Morgan fingerprint density at radius 2 is 0.667 bits per heavy atom. The molecule has 0 unspecified atom stereocenters. The Morgan fingerprint density at radius 3 is 1.10 bits per heavy atom. The summed E-state index contributed by atoms with van der Waals surface area (Å²) in [6.45, 7) is 7.58. The van der Waals surface area contributed by atoms with E-state index in [9.17, 15) is 0 Å². The molecular weight excluding hydrogens is 1140 g/mol. The number of ether oxygens (including phenoxy) is 2. The molecule has 5 heterocycles. The molecule has 6 aromatic carbocycles. The molecule has 338 valence electrons. The number of para-hydroxylation sites is 2. The van der Waals surface area contributed by atoms with E-state index < -0.39 is 0 Å². The van der Waals surface area contributed by atoms with Gasteiger partial charge < -0.3 is 39.4 Å². The number of fused-ring (bicyclic) bond motifs is 20. The molecule has 0 atom stereocenters. The van der Waals surface area contributed by atoms with E-state index in [0.29, 0.717) is 22.3 Å². The average molecular weight is 1160 g/mol. The first-order chi connectivity index (χ1) is 32.5. The molecule has 10 nitrogen and oxygen atoms in total. The Bertz CT molecular complexity index is 3920. The fourth-order valence-corrected chi connectivity index (χ4v) is 11.0. The van der Waals surface area contributed by atoms with Crippen LogP contribution in [0.25, 0.3) is 89.7 Å². The molecule has 2 aliphatic heterocycles. The summed E-state index contributed by atoms with van der Waals surface area (Å²) in [7, 11) is 0. The van der Waals surface area contributed by atoms with Crippen molar-refractivity contribution in [2.24, 2.45) is 0 Å². The standard InChI is InChI=1S/C48H22Cl10N8O2.Zn/c1-15-9-7-10-16(2)37(15)67-39-31(53)25-23(29(51)35(39)57)44-61-42-20-14-6-5-13-19(20)41(59-42)60-43-21-22(28(50)34(56)33(55)27(21)49)45(62-43)64-46-24-26(48(65-46)66-47(25)63-44)32(54)40(36(58)30(24)52)68-38-17(3)11-8-12-18(38)4;/h5-14H,1-4H3;/q-2;+2. The molecule has 0 fully saturated rings. The van der Waals surface area contributed by atoms with Gasteiger partial charge in [0.15, 0.2) is 11.5 Å². The van der Waals surface area contributed by atoms with Crippen molar-refractivity contribution in [3.63, 3.8) is 0 Å². The molecule has 11 rings (SSSR count). The summed E-state index contributed by atoms with van der Waals surface area (Å²) in [5, 5.41) is 1.43. The number of aromatic nitrogens is 8. The van der Waals surface area contributed by atoms with E-state index in [1.165, 1.54) is 0 Å². The second-order valence-electron chi connectivity index (χ2n) is 15.7. The molecule has 69 heavy (non-hydrogen) atoms. The Balaban J connectivity index is 0.00000553. The maximum absolute atomic E-state index is 7.41. The number of nitrogens with zero attached hydrogens (tertiary/aromatic N) is 8. The molecule has 0 saturated carbocycles. The van der Waals surface area contributed by atoms with Gasteiger partial charge in [-0.2, -0.15) is 0 Å². The van der Waals surface area contributed by atoms with E-state index in [4.69, 9.17) is 165 Å². The first-order valence-electron chi connectivity index (χ1n) is 20.1. The van der Waals surface area contributed by atoms with Crippen LogP contribution in [0.1, 0.15) is 22.3 Å². The van der Waals surface area contributed by atoms with Crippen LogP contribution in [0.15, 0.2) is 60.7 Å². The largest absolute Gasteiger partial charge is 2.00 e. The zero-order chi connectivity index (χ0) is 47.8. The molecular formula is C48H22Cl10N8O2Zn. The zero-order valence-electron chi connectivity index (χ0n) is 35.7. The molecule has 2 aliphatic rings. The van der Waals surface area contributed by atoms with Crippen molar-refractivity contribution >= 4 is 160 Å². The molecule has 8 bridgehead atoms. The van der Waals surface area contributed by atoms with E-state index in [-0.39, 0.29) is 160 Å². The Hall–Kier alpha value is -4.20. The van der Waals surface area contributed by atoms with Crippen molar-refractivity contribution in [2.75, 3.05) is 0 Å². The van der Waals surface area contributed by atoms with Crippen LogP contribution in [-0.2, 0) is 19.5 Å². The Morgan fingerprint density at radius 1 is 0.333 bits per heavy atom. The first-order valence-corrected chi connectivity index (χ1v) is 23.9.